The van der Waals surface area contributed by atoms with E-state index in [1.807, 2.05) is 0 Å². The van der Waals surface area contributed by atoms with Crippen molar-refractivity contribution >= 4 is 15.7 Å². The number of sulfonamides is 1. The molecule has 0 aliphatic heterocycles. The third-order valence-corrected chi connectivity index (χ3v) is 5.05. The van der Waals surface area contributed by atoms with Crippen molar-refractivity contribution in [3.63, 3.8) is 0 Å². The van der Waals surface area contributed by atoms with Crippen molar-refractivity contribution in [2.75, 3.05) is 19.4 Å². The van der Waals surface area contributed by atoms with E-state index in [1.165, 1.54) is 44.4 Å². The second kappa shape index (κ2) is 7.32. The summed E-state index contributed by atoms with van der Waals surface area (Å²) in [6, 6.07) is 11.8. The summed E-state index contributed by atoms with van der Waals surface area (Å²) in [5, 5.41) is 2.94. The fourth-order valence-electron chi connectivity index (χ4n) is 2.03. The van der Waals surface area contributed by atoms with Gasteiger partial charge in [-0.2, -0.15) is 0 Å². The van der Waals surface area contributed by atoms with Gasteiger partial charge in [0.25, 0.3) is 0 Å². The molecule has 0 heterocycles. The molecule has 2 rings (SSSR count). The van der Waals surface area contributed by atoms with Crippen molar-refractivity contribution in [2.45, 2.75) is 17.8 Å². The number of hydrogen-bond donors (Lipinski definition) is 1. The molecule has 0 radical (unpaired) electrons. The van der Waals surface area contributed by atoms with Crippen LogP contribution < -0.4 is 10.1 Å². The van der Waals surface area contributed by atoms with E-state index in [9.17, 15) is 21.6 Å². The lowest BCUT2D eigenvalue weighted by molar-refractivity contribution is -0.274. The lowest BCUT2D eigenvalue weighted by atomic mass is 10.2. The van der Waals surface area contributed by atoms with E-state index in [-0.39, 0.29) is 17.2 Å². The van der Waals surface area contributed by atoms with Gasteiger partial charge in [0.2, 0.25) is 10.0 Å². The van der Waals surface area contributed by atoms with Gasteiger partial charge in [-0.1, -0.05) is 18.2 Å². The Morgan fingerprint density at radius 1 is 1.08 bits per heavy atom. The summed E-state index contributed by atoms with van der Waals surface area (Å²) in [6.45, 7) is 0.242. The normalized spacial score (nSPS) is 12.2. The molecule has 0 aliphatic rings. The second-order valence-corrected chi connectivity index (χ2v) is 7.52. The fourth-order valence-corrected chi connectivity index (χ4v) is 3.01. The third kappa shape index (κ3) is 5.36. The first-order chi connectivity index (χ1) is 11.6. The molecule has 25 heavy (non-hydrogen) atoms. The maximum Gasteiger partial charge on any atom is 0.573 e. The van der Waals surface area contributed by atoms with E-state index in [0.717, 1.165) is 4.31 Å². The summed E-state index contributed by atoms with van der Waals surface area (Å²) in [6.07, 6.45) is -4.76. The Labute approximate surface area is 144 Å². The molecule has 136 valence electrons. The topological polar surface area (TPSA) is 58.6 Å². The van der Waals surface area contributed by atoms with Gasteiger partial charge in [0.1, 0.15) is 5.75 Å². The number of hydrogen-bond acceptors (Lipinski definition) is 4. The van der Waals surface area contributed by atoms with Crippen LogP contribution in [0.4, 0.5) is 18.9 Å². The average molecular weight is 374 g/mol. The zero-order valence-corrected chi connectivity index (χ0v) is 14.4. The van der Waals surface area contributed by atoms with Gasteiger partial charge in [-0.05, 0) is 29.8 Å². The van der Waals surface area contributed by atoms with Crippen molar-refractivity contribution in [1.29, 1.82) is 0 Å². The summed E-state index contributed by atoms with van der Waals surface area (Å²) < 4.78 is 65.9. The largest absolute Gasteiger partial charge is 0.573 e. The quantitative estimate of drug-likeness (QED) is 0.842. The Balaban J connectivity index is 2.11. The molecule has 9 heteroatoms. The number of benzene rings is 2. The van der Waals surface area contributed by atoms with Crippen LogP contribution in [0.2, 0.25) is 0 Å². The van der Waals surface area contributed by atoms with Gasteiger partial charge in [0.05, 0.1) is 4.90 Å². The highest BCUT2D eigenvalue weighted by atomic mass is 32.2. The SMILES string of the molecule is CN(C)S(=O)(=O)c1cccc(CNc2cccc(OC(F)(F)F)c2)c1. The van der Waals surface area contributed by atoms with E-state index in [1.54, 1.807) is 18.2 Å². The second-order valence-electron chi connectivity index (χ2n) is 5.36. The first-order valence-electron chi connectivity index (χ1n) is 7.19. The summed E-state index contributed by atoms with van der Waals surface area (Å²) in [5.74, 6) is -0.332. The van der Waals surface area contributed by atoms with E-state index in [4.69, 9.17) is 0 Å². The Bertz CT molecular complexity index is 837. The minimum Gasteiger partial charge on any atom is -0.406 e. The van der Waals surface area contributed by atoms with Crippen molar-refractivity contribution in [1.82, 2.24) is 4.31 Å². The Morgan fingerprint density at radius 2 is 1.76 bits per heavy atom. The van der Waals surface area contributed by atoms with Gasteiger partial charge in [-0.3, -0.25) is 0 Å². The van der Waals surface area contributed by atoms with E-state index in [0.29, 0.717) is 11.3 Å². The van der Waals surface area contributed by atoms with Crippen LogP contribution in [0.1, 0.15) is 5.56 Å². The lowest BCUT2D eigenvalue weighted by Gasteiger charge is -2.13. The molecule has 0 saturated heterocycles. The minimum atomic E-state index is -4.76. The molecule has 0 bridgehead atoms. The molecular weight excluding hydrogens is 357 g/mol. The van der Waals surface area contributed by atoms with Crippen LogP contribution in [0.15, 0.2) is 53.4 Å². The molecule has 5 nitrogen and oxygen atoms in total. The monoisotopic (exact) mass is 374 g/mol. The number of halogens is 3. The summed E-state index contributed by atoms with van der Waals surface area (Å²) >= 11 is 0. The number of alkyl halides is 3. The molecule has 2 aromatic rings. The lowest BCUT2D eigenvalue weighted by Crippen LogP contribution is -2.22. The Kier molecular flexibility index (Phi) is 5.58. The molecule has 0 spiro atoms. The van der Waals surface area contributed by atoms with Gasteiger partial charge in [0.15, 0.2) is 0 Å². The molecule has 0 unspecified atom stereocenters. The molecule has 2 aromatic carbocycles. The fraction of sp³-hybridized carbons (Fsp3) is 0.250. The van der Waals surface area contributed by atoms with Gasteiger partial charge >= 0.3 is 6.36 Å². The molecule has 0 fully saturated rings. The van der Waals surface area contributed by atoms with Crippen LogP contribution in [-0.4, -0.2) is 33.2 Å². The van der Waals surface area contributed by atoms with Gasteiger partial charge in [-0.15, -0.1) is 13.2 Å². The predicted molar refractivity (Wildman–Crippen MR) is 87.8 cm³/mol. The number of anilines is 1. The number of nitrogens with one attached hydrogen (secondary N) is 1. The summed E-state index contributed by atoms with van der Waals surface area (Å²) in [4.78, 5) is 0.144. The van der Waals surface area contributed by atoms with Gasteiger partial charge in [-0.25, -0.2) is 12.7 Å². The third-order valence-electron chi connectivity index (χ3n) is 3.24. The molecule has 0 atom stereocenters. The molecule has 0 amide bonds. The maximum atomic E-state index is 12.2. The van der Waals surface area contributed by atoms with Crippen LogP contribution in [-0.2, 0) is 16.6 Å². The zero-order valence-electron chi connectivity index (χ0n) is 13.5. The van der Waals surface area contributed by atoms with E-state index in [2.05, 4.69) is 10.1 Å². The molecule has 1 N–H and O–H groups in total. The first-order valence-corrected chi connectivity index (χ1v) is 8.63. The highest BCUT2D eigenvalue weighted by molar-refractivity contribution is 7.89. The smallest absolute Gasteiger partial charge is 0.406 e. The Morgan fingerprint density at radius 3 is 2.40 bits per heavy atom. The molecule has 0 aliphatic carbocycles. The molecule has 0 aromatic heterocycles. The Hall–Kier alpha value is -2.26. The predicted octanol–water partition coefficient (Wildman–Crippen LogP) is 3.45. The summed E-state index contributed by atoms with van der Waals surface area (Å²) in [5.41, 5.74) is 1.09. The van der Waals surface area contributed by atoms with Crippen molar-refractivity contribution in [2.24, 2.45) is 0 Å². The van der Waals surface area contributed by atoms with Crippen LogP contribution in [0.3, 0.4) is 0 Å². The number of rotatable bonds is 6. The standard InChI is InChI=1S/C16H17F3N2O3S/c1-21(2)25(22,23)15-8-3-5-12(9-15)11-20-13-6-4-7-14(10-13)24-16(17,18)19/h3-10,20H,11H2,1-2H3. The highest BCUT2D eigenvalue weighted by Crippen LogP contribution is 2.25. The van der Waals surface area contributed by atoms with Crippen LogP contribution in [0, 0.1) is 0 Å². The summed E-state index contributed by atoms with van der Waals surface area (Å²) in [7, 11) is -0.675. The molecule has 0 saturated carbocycles. The van der Waals surface area contributed by atoms with Crippen molar-refractivity contribution < 1.29 is 26.3 Å². The highest BCUT2D eigenvalue weighted by Gasteiger charge is 2.31. The molecular formula is C16H17F3N2O3S. The first kappa shape index (κ1) is 19.1. The van der Waals surface area contributed by atoms with E-state index >= 15 is 0 Å². The van der Waals surface area contributed by atoms with Crippen LogP contribution in [0.5, 0.6) is 5.75 Å². The average Bonchev–Trinajstić information content (AvgIpc) is 2.52. The van der Waals surface area contributed by atoms with Gasteiger partial charge in [0, 0.05) is 32.4 Å². The van der Waals surface area contributed by atoms with Crippen molar-refractivity contribution in [3.05, 3.63) is 54.1 Å². The zero-order chi connectivity index (χ0) is 18.7. The van der Waals surface area contributed by atoms with E-state index < -0.39 is 16.4 Å². The van der Waals surface area contributed by atoms with Crippen LogP contribution >= 0.6 is 0 Å². The number of ether oxygens (including phenoxy) is 1. The van der Waals surface area contributed by atoms with Crippen LogP contribution in [0.25, 0.3) is 0 Å². The van der Waals surface area contributed by atoms with Gasteiger partial charge < -0.3 is 10.1 Å². The number of nitrogens with zero attached hydrogens (tertiary/aromatic N) is 1. The van der Waals surface area contributed by atoms with Crippen molar-refractivity contribution in [3.8, 4) is 5.75 Å². The maximum absolute atomic E-state index is 12.2. The minimum absolute atomic E-state index is 0.144.